The second-order valence-electron chi connectivity index (χ2n) is 5.15. The summed E-state index contributed by atoms with van der Waals surface area (Å²) >= 11 is 6.14. The maximum absolute atomic E-state index is 10.9. The second kappa shape index (κ2) is 5.80. The number of anilines is 1. The van der Waals surface area contributed by atoms with E-state index in [4.69, 9.17) is 16.7 Å². The van der Waals surface area contributed by atoms with E-state index in [2.05, 4.69) is 24.3 Å². The minimum absolute atomic E-state index is 0.204. The van der Waals surface area contributed by atoms with Crippen molar-refractivity contribution in [1.29, 1.82) is 0 Å². The number of hydrazine groups is 1. The van der Waals surface area contributed by atoms with Crippen LogP contribution in [-0.4, -0.2) is 28.2 Å². The molecular weight excluding hydrogens is 264 g/mol. The van der Waals surface area contributed by atoms with E-state index in [0.29, 0.717) is 17.1 Å². The number of hydrogen-bond acceptors (Lipinski definition) is 3. The Morgan fingerprint density at radius 2 is 2.00 bits per heavy atom. The number of nitrogens with zero attached hydrogens (tertiary/aromatic N) is 1. The summed E-state index contributed by atoms with van der Waals surface area (Å²) in [6.07, 6.45) is 3.55. The topological polar surface area (TPSA) is 52.6 Å². The van der Waals surface area contributed by atoms with Crippen molar-refractivity contribution in [2.45, 2.75) is 45.2 Å². The van der Waals surface area contributed by atoms with Gasteiger partial charge in [-0.3, -0.25) is 0 Å². The molecule has 0 aliphatic carbocycles. The largest absolute Gasteiger partial charge is 0.478 e. The molecule has 1 aliphatic heterocycles. The quantitative estimate of drug-likeness (QED) is 0.889. The molecule has 4 nitrogen and oxygen atoms in total. The minimum Gasteiger partial charge on any atom is -0.478 e. The van der Waals surface area contributed by atoms with Crippen molar-refractivity contribution in [2.75, 3.05) is 5.43 Å². The van der Waals surface area contributed by atoms with Crippen molar-refractivity contribution in [3.8, 4) is 0 Å². The summed E-state index contributed by atoms with van der Waals surface area (Å²) in [6, 6.07) is 5.65. The molecule has 1 saturated heterocycles. The maximum atomic E-state index is 10.9. The smallest absolute Gasteiger partial charge is 0.335 e. The van der Waals surface area contributed by atoms with E-state index in [1.807, 2.05) is 0 Å². The van der Waals surface area contributed by atoms with Crippen molar-refractivity contribution >= 4 is 23.3 Å². The highest BCUT2D eigenvalue weighted by Crippen LogP contribution is 2.28. The van der Waals surface area contributed by atoms with Gasteiger partial charge in [-0.05, 0) is 44.9 Å². The van der Waals surface area contributed by atoms with Gasteiger partial charge in [-0.25, -0.2) is 9.80 Å². The molecule has 0 amide bonds. The summed E-state index contributed by atoms with van der Waals surface area (Å²) < 4.78 is 0. The average Bonchev–Trinajstić information content (AvgIpc) is 2.35. The lowest BCUT2D eigenvalue weighted by Gasteiger charge is -2.39. The highest BCUT2D eigenvalue weighted by Gasteiger charge is 2.25. The van der Waals surface area contributed by atoms with E-state index >= 15 is 0 Å². The fourth-order valence-electron chi connectivity index (χ4n) is 2.52. The Labute approximate surface area is 118 Å². The molecule has 5 heteroatoms. The molecule has 0 radical (unpaired) electrons. The molecule has 19 heavy (non-hydrogen) atoms. The summed E-state index contributed by atoms with van der Waals surface area (Å²) in [5.41, 5.74) is 4.28. The van der Waals surface area contributed by atoms with Crippen LogP contribution in [0.25, 0.3) is 0 Å². The van der Waals surface area contributed by atoms with Gasteiger partial charge in [0.2, 0.25) is 0 Å². The fourth-order valence-corrected chi connectivity index (χ4v) is 2.74. The van der Waals surface area contributed by atoms with Gasteiger partial charge in [-0.1, -0.05) is 18.0 Å². The summed E-state index contributed by atoms with van der Waals surface area (Å²) in [6.45, 7) is 4.37. The molecule has 2 unspecified atom stereocenters. The zero-order valence-corrected chi connectivity index (χ0v) is 11.9. The predicted molar refractivity (Wildman–Crippen MR) is 76.6 cm³/mol. The van der Waals surface area contributed by atoms with E-state index in [0.717, 1.165) is 18.5 Å². The molecule has 1 aromatic rings. The van der Waals surface area contributed by atoms with Crippen LogP contribution in [0.5, 0.6) is 0 Å². The van der Waals surface area contributed by atoms with Crippen molar-refractivity contribution in [3.63, 3.8) is 0 Å². The summed E-state index contributed by atoms with van der Waals surface area (Å²) in [4.78, 5) is 10.9. The van der Waals surface area contributed by atoms with Crippen LogP contribution in [-0.2, 0) is 0 Å². The Hall–Kier alpha value is -1.26. The monoisotopic (exact) mass is 282 g/mol. The Morgan fingerprint density at radius 1 is 1.37 bits per heavy atom. The number of benzene rings is 1. The van der Waals surface area contributed by atoms with Gasteiger partial charge in [0.05, 0.1) is 16.3 Å². The third-order valence-electron chi connectivity index (χ3n) is 3.66. The number of aromatic carboxylic acids is 1. The van der Waals surface area contributed by atoms with Gasteiger partial charge >= 0.3 is 5.97 Å². The molecule has 1 heterocycles. The number of piperidine rings is 1. The highest BCUT2D eigenvalue weighted by molar-refractivity contribution is 6.33. The Kier molecular flexibility index (Phi) is 4.32. The predicted octanol–water partition coefficient (Wildman–Crippen LogP) is 3.63. The number of hydrogen-bond donors (Lipinski definition) is 2. The molecule has 2 N–H and O–H groups in total. The van der Waals surface area contributed by atoms with Crippen LogP contribution in [0.15, 0.2) is 18.2 Å². The van der Waals surface area contributed by atoms with E-state index < -0.39 is 5.97 Å². The molecule has 1 aromatic carbocycles. The van der Waals surface area contributed by atoms with Crippen molar-refractivity contribution in [3.05, 3.63) is 28.8 Å². The van der Waals surface area contributed by atoms with E-state index in [1.54, 1.807) is 12.1 Å². The Balaban J connectivity index is 2.16. The first-order valence-corrected chi connectivity index (χ1v) is 6.94. The maximum Gasteiger partial charge on any atom is 0.335 e. The van der Waals surface area contributed by atoms with Crippen LogP contribution in [0.2, 0.25) is 5.02 Å². The van der Waals surface area contributed by atoms with Gasteiger partial charge < -0.3 is 10.5 Å². The zero-order chi connectivity index (χ0) is 14.0. The van der Waals surface area contributed by atoms with Crippen LogP contribution in [0, 0.1) is 0 Å². The first-order chi connectivity index (χ1) is 8.99. The first-order valence-electron chi connectivity index (χ1n) is 6.57. The lowest BCUT2D eigenvalue weighted by atomic mass is 10.00. The molecule has 1 aliphatic rings. The number of rotatable bonds is 3. The number of carboxylic acid groups (broad SMARTS) is 1. The average molecular weight is 283 g/mol. The highest BCUT2D eigenvalue weighted by atomic mass is 35.5. The minimum atomic E-state index is -0.965. The van der Waals surface area contributed by atoms with Crippen LogP contribution in [0.4, 0.5) is 5.69 Å². The fraction of sp³-hybridized carbons (Fsp3) is 0.500. The molecule has 2 atom stereocenters. The van der Waals surface area contributed by atoms with Gasteiger partial charge in [0.1, 0.15) is 0 Å². The normalized spacial score (nSPS) is 24.2. The molecule has 0 aromatic heterocycles. The summed E-state index contributed by atoms with van der Waals surface area (Å²) in [5, 5.41) is 11.6. The van der Waals surface area contributed by atoms with Crippen molar-refractivity contribution < 1.29 is 9.90 Å². The molecule has 2 rings (SSSR count). The van der Waals surface area contributed by atoms with Gasteiger partial charge in [0.25, 0.3) is 0 Å². The lowest BCUT2D eigenvalue weighted by Crippen LogP contribution is -2.47. The number of nitrogens with one attached hydrogen (secondary N) is 1. The summed E-state index contributed by atoms with van der Waals surface area (Å²) in [7, 11) is 0. The number of halogens is 1. The molecular formula is C14H19ClN2O2. The van der Waals surface area contributed by atoms with Crippen LogP contribution >= 0.6 is 11.6 Å². The lowest BCUT2D eigenvalue weighted by molar-refractivity contribution is 0.0697. The molecule has 104 valence electrons. The van der Waals surface area contributed by atoms with Crippen LogP contribution in [0.1, 0.15) is 43.5 Å². The number of carbonyl (C=O) groups is 1. The summed E-state index contributed by atoms with van der Waals surface area (Å²) in [5.74, 6) is -0.965. The van der Waals surface area contributed by atoms with Crippen molar-refractivity contribution in [2.24, 2.45) is 0 Å². The molecule has 0 bridgehead atoms. The van der Waals surface area contributed by atoms with Gasteiger partial charge in [0.15, 0.2) is 0 Å². The molecule has 0 saturated carbocycles. The third kappa shape index (κ3) is 3.19. The second-order valence-corrected chi connectivity index (χ2v) is 5.55. The van der Waals surface area contributed by atoms with Crippen LogP contribution < -0.4 is 5.43 Å². The Morgan fingerprint density at radius 3 is 2.53 bits per heavy atom. The van der Waals surface area contributed by atoms with E-state index in [9.17, 15) is 4.79 Å². The Bertz CT molecular complexity index is 469. The van der Waals surface area contributed by atoms with Gasteiger partial charge in [0, 0.05) is 12.1 Å². The van der Waals surface area contributed by atoms with Gasteiger partial charge in [-0.2, -0.15) is 0 Å². The van der Waals surface area contributed by atoms with Gasteiger partial charge in [-0.15, -0.1) is 0 Å². The third-order valence-corrected chi connectivity index (χ3v) is 3.97. The molecule has 0 spiro atoms. The number of carboxylic acids is 1. The zero-order valence-electron chi connectivity index (χ0n) is 11.2. The standard InChI is InChI=1S/C14H19ClN2O2/c1-9-4-3-5-10(2)17(9)16-13-7-6-11(14(18)19)8-12(13)15/h6-10,16H,3-5H2,1-2H3,(H,18,19). The molecule has 1 fully saturated rings. The van der Waals surface area contributed by atoms with Crippen molar-refractivity contribution in [1.82, 2.24) is 5.01 Å². The van der Waals surface area contributed by atoms with E-state index in [-0.39, 0.29) is 5.56 Å². The van der Waals surface area contributed by atoms with E-state index in [1.165, 1.54) is 12.5 Å². The first kappa shape index (κ1) is 14.2. The SMILES string of the molecule is CC1CCCC(C)N1Nc1ccc(C(=O)O)cc1Cl. The van der Waals surface area contributed by atoms with Crippen LogP contribution in [0.3, 0.4) is 0 Å².